The van der Waals surface area contributed by atoms with Crippen LogP contribution in [0.4, 0.5) is 0 Å². The van der Waals surface area contributed by atoms with Crippen molar-refractivity contribution in [2.24, 2.45) is 17.4 Å². The summed E-state index contributed by atoms with van der Waals surface area (Å²) in [5.74, 6) is 0.821. The summed E-state index contributed by atoms with van der Waals surface area (Å²) in [5, 5.41) is 0. The summed E-state index contributed by atoms with van der Waals surface area (Å²) in [6.45, 7) is 2.28. The van der Waals surface area contributed by atoms with Gasteiger partial charge in [-0.15, -0.1) is 0 Å². The molecule has 0 radical (unpaired) electrons. The first kappa shape index (κ1) is 10.9. The van der Waals surface area contributed by atoms with E-state index < -0.39 is 15.4 Å². The van der Waals surface area contributed by atoms with Crippen molar-refractivity contribution >= 4 is 9.84 Å². The Morgan fingerprint density at radius 2 is 2.15 bits per heavy atom. The molecule has 0 spiro atoms. The van der Waals surface area contributed by atoms with Gasteiger partial charge in [-0.25, -0.2) is 8.42 Å². The first-order valence-corrected chi connectivity index (χ1v) is 6.36. The molecule has 0 bridgehead atoms. The number of sulfone groups is 1. The Kier molecular flexibility index (Phi) is 2.99. The third-order valence-electron chi connectivity index (χ3n) is 2.55. The van der Waals surface area contributed by atoms with Gasteiger partial charge in [0, 0.05) is 12.1 Å². The average Bonchev–Trinajstić information content (AvgIpc) is 2.29. The third-order valence-corrected chi connectivity index (χ3v) is 4.39. The second-order valence-electron chi connectivity index (χ2n) is 4.33. The van der Waals surface area contributed by atoms with E-state index in [4.69, 9.17) is 11.5 Å². The van der Waals surface area contributed by atoms with Crippen molar-refractivity contribution in [1.29, 1.82) is 0 Å². The monoisotopic (exact) mass is 206 g/mol. The smallest absolute Gasteiger partial charge is 0.150 e. The van der Waals surface area contributed by atoms with E-state index in [1.165, 1.54) is 0 Å². The van der Waals surface area contributed by atoms with Crippen LogP contribution in [0.1, 0.15) is 19.8 Å². The maximum atomic E-state index is 11.1. The quantitative estimate of drug-likeness (QED) is 0.651. The van der Waals surface area contributed by atoms with Gasteiger partial charge in [-0.05, 0) is 25.7 Å². The molecule has 0 amide bonds. The molecule has 1 aliphatic heterocycles. The molecule has 2 unspecified atom stereocenters. The average molecular weight is 206 g/mol. The van der Waals surface area contributed by atoms with Gasteiger partial charge >= 0.3 is 0 Å². The van der Waals surface area contributed by atoms with Gasteiger partial charge in [0.2, 0.25) is 0 Å². The minimum Gasteiger partial charge on any atom is -0.329 e. The molecule has 1 aliphatic rings. The zero-order valence-electron chi connectivity index (χ0n) is 7.99. The molecule has 4 nitrogen and oxygen atoms in total. The molecule has 78 valence electrons. The van der Waals surface area contributed by atoms with Crippen LogP contribution < -0.4 is 11.5 Å². The Bertz CT molecular complexity index is 272. The van der Waals surface area contributed by atoms with Crippen LogP contribution in [0.5, 0.6) is 0 Å². The number of hydrogen-bond donors (Lipinski definition) is 2. The van der Waals surface area contributed by atoms with E-state index in [1.54, 1.807) is 0 Å². The summed E-state index contributed by atoms with van der Waals surface area (Å²) in [6, 6.07) is 0. The van der Waals surface area contributed by atoms with E-state index >= 15 is 0 Å². The van der Waals surface area contributed by atoms with Crippen LogP contribution in [0.15, 0.2) is 0 Å². The molecule has 0 aromatic heterocycles. The summed E-state index contributed by atoms with van der Waals surface area (Å²) < 4.78 is 22.3. The van der Waals surface area contributed by atoms with Gasteiger partial charge in [0.1, 0.15) is 0 Å². The minimum atomic E-state index is -2.77. The van der Waals surface area contributed by atoms with Crippen LogP contribution in [0.25, 0.3) is 0 Å². The fraction of sp³-hybridized carbons (Fsp3) is 1.00. The maximum Gasteiger partial charge on any atom is 0.150 e. The van der Waals surface area contributed by atoms with Crippen molar-refractivity contribution < 1.29 is 8.42 Å². The number of hydrogen-bond acceptors (Lipinski definition) is 4. The van der Waals surface area contributed by atoms with Crippen molar-refractivity contribution in [2.45, 2.75) is 25.3 Å². The van der Waals surface area contributed by atoms with Crippen LogP contribution in [-0.4, -0.2) is 32.0 Å². The number of rotatable bonds is 3. The Balaban J connectivity index is 2.50. The van der Waals surface area contributed by atoms with E-state index in [9.17, 15) is 8.42 Å². The highest BCUT2D eigenvalue weighted by atomic mass is 32.2. The topological polar surface area (TPSA) is 86.2 Å². The summed E-state index contributed by atoms with van der Waals surface area (Å²) in [7, 11) is -2.77. The summed E-state index contributed by atoms with van der Waals surface area (Å²) in [6.07, 6.45) is 1.46. The van der Waals surface area contributed by atoms with E-state index in [0.717, 1.165) is 6.42 Å². The van der Waals surface area contributed by atoms with Crippen molar-refractivity contribution in [3.05, 3.63) is 0 Å². The van der Waals surface area contributed by atoms with Crippen LogP contribution in [0, 0.1) is 5.92 Å². The molecular formula is C8H18N2O2S. The largest absolute Gasteiger partial charge is 0.329 e. The van der Waals surface area contributed by atoms with Crippen LogP contribution in [-0.2, 0) is 9.84 Å². The molecule has 0 aromatic rings. The standard InChI is InChI=1S/C8H18N2O2S/c1-8(10,6-9)4-7-2-3-13(11,12)5-7/h7H,2-6,9-10H2,1H3. The first-order chi connectivity index (χ1) is 5.85. The predicted octanol–water partition coefficient (Wildman–Crippen LogP) is -0.513. The van der Waals surface area contributed by atoms with Crippen LogP contribution in [0.3, 0.4) is 0 Å². The van der Waals surface area contributed by atoms with Gasteiger partial charge in [-0.1, -0.05) is 0 Å². The molecule has 1 saturated heterocycles. The highest BCUT2D eigenvalue weighted by Crippen LogP contribution is 2.25. The lowest BCUT2D eigenvalue weighted by molar-refractivity contribution is 0.365. The zero-order valence-corrected chi connectivity index (χ0v) is 8.81. The molecule has 5 heteroatoms. The highest BCUT2D eigenvalue weighted by molar-refractivity contribution is 7.91. The summed E-state index contributed by atoms with van der Waals surface area (Å²) in [5.41, 5.74) is 10.9. The van der Waals surface area contributed by atoms with E-state index in [0.29, 0.717) is 24.5 Å². The van der Waals surface area contributed by atoms with Gasteiger partial charge in [0.15, 0.2) is 9.84 Å². The molecule has 0 aliphatic carbocycles. The van der Waals surface area contributed by atoms with E-state index in [2.05, 4.69) is 0 Å². The molecule has 4 N–H and O–H groups in total. The molecule has 1 heterocycles. The third kappa shape index (κ3) is 3.25. The van der Waals surface area contributed by atoms with Crippen molar-refractivity contribution in [2.75, 3.05) is 18.1 Å². The molecule has 2 atom stereocenters. The van der Waals surface area contributed by atoms with Gasteiger partial charge in [0.05, 0.1) is 11.5 Å². The van der Waals surface area contributed by atoms with Gasteiger partial charge in [0.25, 0.3) is 0 Å². The SMILES string of the molecule is CC(N)(CN)CC1CCS(=O)(=O)C1. The Hall–Kier alpha value is -0.130. The number of nitrogens with two attached hydrogens (primary N) is 2. The van der Waals surface area contributed by atoms with Gasteiger partial charge < -0.3 is 11.5 Å². The lowest BCUT2D eigenvalue weighted by Crippen LogP contribution is -2.45. The summed E-state index contributed by atoms with van der Waals surface area (Å²) in [4.78, 5) is 0. The molecular weight excluding hydrogens is 188 g/mol. The molecule has 0 aromatic carbocycles. The second-order valence-corrected chi connectivity index (χ2v) is 6.56. The fourth-order valence-corrected chi connectivity index (χ4v) is 3.64. The Morgan fingerprint density at radius 3 is 2.54 bits per heavy atom. The predicted molar refractivity (Wildman–Crippen MR) is 53.0 cm³/mol. The Morgan fingerprint density at radius 1 is 1.54 bits per heavy atom. The van der Waals surface area contributed by atoms with E-state index in [1.807, 2.05) is 6.92 Å². The highest BCUT2D eigenvalue weighted by Gasteiger charge is 2.32. The lowest BCUT2D eigenvalue weighted by Gasteiger charge is -2.25. The van der Waals surface area contributed by atoms with E-state index in [-0.39, 0.29) is 5.92 Å². The van der Waals surface area contributed by atoms with Crippen LogP contribution >= 0.6 is 0 Å². The normalized spacial score (nSPS) is 31.5. The minimum absolute atomic E-state index is 0.212. The van der Waals surface area contributed by atoms with Crippen molar-refractivity contribution in [3.63, 3.8) is 0 Å². The van der Waals surface area contributed by atoms with Crippen molar-refractivity contribution in [3.8, 4) is 0 Å². The maximum absolute atomic E-state index is 11.1. The van der Waals surface area contributed by atoms with Crippen LogP contribution in [0.2, 0.25) is 0 Å². The molecule has 13 heavy (non-hydrogen) atoms. The van der Waals surface area contributed by atoms with Gasteiger partial charge in [-0.3, -0.25) is 0 Å². The zero-order chi connectivity index (χ0) is 10.1. The molecule has 1 fully saturated rings. The first-order valence-electron chi connectivity index (χ1n) is 4.54. The van der Waals surface area contributed by atoms with Crippen molar-refractivity contribution in [1.82, 2.24) is 0 Å². The fourth-order valence-electron chi connectivity index (χ4n) is 1.78. The lowest BCUT2D eigenvalue weighted by atomic mass is 9.90. The Labute approximate surface area is 79.6 Å². The van der Waals surface area contributed by atoms with Gasteiger partial charge in [-0.2, -0.15) is 0 Å². The molecule has 0 saturated carbocycles. The molecule has 1 rings (SSSR count). The summed E-state index contributed by atoms with van der Waals surface area (Å²) >= 11 is 0. The second kappa shape index (κ2) is 3.55.